The van der Waals surface area contributed by atoms with Crippen molar-refractivity contribution in [2.24, 2.45) is 5.10 Å². The maximum absolute atomic E-state index is 5.63. The summed E-state index contributed by atoms with van der Waals surface area (Å²) in [6.45, 7) is 3.83. The lowest BCUT2D eigenvalue weighted by molar-refractivity contribution is 0.379. The van der Waals surface area contributed by atoms with E-state index in [1.165, 1.54) is 5.56 Å². The number of aryl methyl sites for hydroxylation is 1. The standard InChI is InChI=1S/C21H26N6S/c28-21(25-24-18-9-3-7-17-8-4-12-23-20(17)18)27-15-5-13-26(14-6-16-27)19-10-1-2-11-22-19/h1-2,4,8,10-12H,3,5-7,9,13-16H2,(H,25,28)/b24-18+. The van der Waals surface area contributed by atoms with Crippen LogP contribution in [0.1, 0.15) is 36.9 Å². The molecule has 4 rings (SSSR count). The topological polar surface area (TPSA) is 56.7 Å². The van der Waals surface area contributed by atoms with Crippen molar-refractivity contribution >= 4 is 28.9 Å². The lowest BCUT2D eigenvalue weighted by Gasteiger charge is -2.32. The molecule has 0 unspecified atom stereocenters. The third-order valence-corrected chi connectivity index (χ3v) is 5.63. The lowest BCUT2D eigenvalue weighted by atomic mass is 9.95. The molecule has 3 heterocycles. The van der Waals surface area contributed by atoms with Crippen LogP contribution in [0.5, 0.6) is 0 Å². The van der Waals surface area contributed by atoms with Gasteiger partial charge in [0.1, 0.15) is 5.82 Å². The Morgan fingerprint density at radius 1 is 0.929 bits per heavy atom. The Hall–Kier alpha value is -2.54. The molecular weight excluding hydrogens is 368 g/mol. The molecule has 0 amide bonds. The number of nitrogens with zero attached hydrogens (tertiary/aromatic N) is 5. The van der Waals surface area contributed by atoms with Crippen LogP contribution in [-0.4, -0.2) is 51.9 Å². The van der Waals surface area contributed by atoms with Gasteiger partial charge < -0.3 is 9.80 Å². The summed E-state index contributed by atoms with van der Waals surface area (Å²) in [6.07, 6.45) is 8.91. The van der Waals surface area contributed by atoms with E-state index < -0.39 is 0 Å². The van der Waals surface area contributed by atoms with Gasteiger partial charge in [-0.1, -0.05) is 12.1 Å². The van der Waals surface area contributed by atoms with Crippen LogP contribution >= 0.6 is 12.2 Å². The first-order valence-electron chi connectivity index (χ1n) is 10.0. The van der Waals surface area contributed by atoms with Crippen molar-refractivity contribution in [1.82, 2.24) is 20.3 Å². The molecule has 1 aliphatic carbocycles. The fraction of sp³-hybridized carbons (Fsp3) is 0.429. The number of nitrogens with one attached hydrogen (secondary N) is 1. The molecule has 0 spiro atoms. The fourth-order valence-electron chi connectivity index (χ4n) is 3.86. The largest absolute Gasteiger partial charge is 0.356 e. The normalized spacial score (nSPS) is 18.9. The van der Waals surface area contributed by atoms with Crippen molar-refractivity contribution in [3.8, 4) is 0 Å². The zero-order chi connectivity index (χ0) is 19.2. The number of hydrogen-bond acceptors (Lipinski definition) is 5. The SMILES string of the molecule is S=C(N/N=C1\CCCc2cccnc21)N1CCCN(c2ccccn2)CCC1. The Bertz CT molecular complexity index is 828. The number of hydrazone groups is 1. The Balaban J connectivity index is 1.34. The summed E-state index contributed by atoms with van der Waals surface area (Å²) in [5, 5.41) is 5.33. The van der Waals surface area contributed by atoms with Crippen LogP contribution < -0.4 is 10.3 Å². The smallest absolute Gasteiger partial charge is 0.189 e. The van der Waals surface area contributed by atoms with Crippen LogP contribution in [-0.2, 0) is 6.42 Å². The molecule has 1 fully saturated rings. The van der Waals surface area contributed by atoms with Crippen LogP contribution in [0.4, 0.5) is 5.82 Å². The summed E-state index contributed by atoms with van der Waals surface area (Å²) in [7, 11) is 0. The number of hydrogen-bond donors (Lipinski definition) is 1. The Kier molecular flexibility index (Phi) is 6.11. The fourth-order valence-corrected chi connectivity index (χ4v) is 4.09. The van der Waals surface area contributed by atoms with E-state index in [2.05, 4.69) is 42.4 Å². The molecular formula is C21H26N6S. The third kappa shape index (κ3) is 4.47. The van der Waals surface area contributed by atoms with E-state index in [9.17, 15) is 0 Å². The average molecular weight is 395 g/mol. The first-order chi connectivity index (χ1) is 13.8. The minimum atomic E-state index is 0.710. The Morgan fingerprint density at radius 3 is 2.54 bits per heavy atom. The van der Waals surface area contributed by atoms with Crippen molar-refractivity contribution in [1.29, 1.82) is 0 Å². The molecule has 2 aromatic rings. The predicted molar refractivity (Wildman–Crippen MR) is 117 cm³/mol. The van der Waals surface area contributed by atoms with Crippen LogP contribution in [0.3, 0.4) is 0 Å². The highest BCUT2D eigenvalue weighted by Crippen LogP contribution is 2.19. The number of rotatable bonds is 2. The van der Waals surface area contributed by atoms with E-state index in [1.807, 2.05) is 30.6 Å². The van der Waals surface area contributed by atoms with Gasteiger partial charge in [-0.2, -0.15) is 5.10 Å². The number of anilines is 1. The van der Waals surface area contributed by atoms with Gasteiger partial charge in [0.2, 0.25) is 0 Å². The monoisotopic (exact) mass is 394 g/mol. The van der Waals surface area contributed by atoms with Gasteiger partial charge in [-0.25, -0.2) is 4.98 Å². The van der Waals surface area contributed by atoms with E-state index in [1.54, 1.807) is 0 Å². The zero-order valence-electron chi connectivity index (χ0n) is 16.0. The molecule has 0 saturated carbocycles. The lowest BCUT2D eigenvalue weighted by Crippen LogP contribution is -2.43. The van der Waals surface area contributed by atoms with Gasteiger partial charge in [0.15, 0.2) is 5.11 Å². The molecule has 7 heteroatoms. The van der Waals surface area contributed by atoms with Crippen molar-refractivity contribution in [3.05, 3.63) is 54.0 Å². The van der Waals surface area contributed by atoms with E-state index in [4.69, 9.17) is 12.2 Å². The molecule has 2 aromatic heterocycles. The van der Waals surface area contributed by atoms with E-state index in [0.29, 0.717) is 5.11 Å². The average Bonchev–Trinajstić information content (AvgIpc) is 2.72. The molecule has 0 bridgehead atoms. The van der Waals surface area contributed by atoms with E-state index in [-0.39, 0.29) is 0 Å². The predicted octanol–water partition coefficient (Wildman–Crippen LogP) is 2.99. The van der Waals surface area contributed by atoms with E-state index >= 15 is 0 Å². The Morgan fingerprint density at radius 2 is 1.75 bits per heavy atom. The highest BCUT2D eigenvalue weighted by atomic mass is 32.1. The first kappa shape index (κ1) is 18.8. The maximum Gasteiger partial charge on any atom is 0.189 e. The molecule has 28 heavy (non-hydrogen) atoms. The number of thiocarbonyl (C=S) groups is 1. The van der Waals surface area contributed by atoms with Crippen LogP contribution in [0.2, 0.25) is 0 Å². The van der Waals surface area contributed by atoms with Gasteiger partial charge in [-0.05, 0) is 68.1 Å². The summed E-state index contributed by atoms with van der Waals surface area (Å²) in [5.41, 5.74) is 6.44. The van der Waals surface area contributed by atoms with Gasteiger partial charge in [0, 0.05) is 38.6 Å². The minimum absolute atomic E-state index is 0.710. The van der Waals surface area contributed by atoms with Crippen molar-refractivity contribution < 1.29 is 0 Å². The van der Waals surface area contributed by atoms with Crippen molar-refractivity contribution in [2.45, 2.75) is 32.1 Å². The van der Waals surface area contributed by atoms with Gasteiger partial charge in [0.05, 0.1) is 11.4 Å². The second kappa shape index (κ2) is 9.10. The summed E-state index contributed by atoms with van der Waals surface area (Å²) < 4.78 is 0. The minimum Gasteiger partial charge on any atom is -0.356 e. The molecule has 2 aliphatic rings. The van der Waals surface area contributed by atoms with Gasteiger partial charge in [-0.3, -0.25) is 10.4 Å². The summed E-state index contributed by atoms with van der Waals surface area (Å²) in [4.78, 5) is 13.6. The van der Waals surface area contributed by atoms with Crippen LogP contribution in [0, 0.1) is 0 Å². The molecule has 1 aliphatic heterocycles. The number of pyridine rings is 2. The molecule has 146 valence electrons. The van der Waals surface area contributed by atoms with Gasteiger partial charge in [-0.15, -0.1) is 0 Å². The quantitative estimate of drug-likeness (QED) is 0.624. The molecule has 0 radical (unpaired) electrons. The maximum atomic E-state index is 5.63. The molecule has 0 atom stereocenters. The summed E-state index contributed by atoms with van der Waals surface area (Å²) in [6, 6.07) is 10.2. The molecule has 1 N–H and O–H groups in total. The van der Waals surface area contributed by atoms with Gasteiger partial charge in [0.25, 0.3) is 0 Å². The number of fused-ring (bicyclic) bond motifs is 1. The zero-order valence-corrected chi connectivity index (χ0v) is 16.9. The summed E-state index contributed by atoms with van der Waals surface area (Å²) >= 11 is 5.63. The molecule has 0 aromatic carbocycles. The van der Waals surface area contributed by atoms with Crippen LogP contribution in [0.15, 0.2) is 47.8 Å². The summed E-state index contributed by atoms with van der Waals surface area (Å²) in [5.74, 6) is 1.06. The molecule has 6 nitrogen and oxygen atoms in total. The third-order valence-electron chi connectivity index (χ3n) is 5.28. The molecule has 1 saturated heterocycles. The first-order valence-corrected chi connectivity index (χ1v) is 10.4. The van der Waals surface area contributed by atoms with E-state index in [0.717, 1.165) is 75.5 Å². The second-order valence-electron chi connectivity index (χ2n) is 7.21. The Labute approximate surface area is 171 Å². The van der Waals surface area contributed by atoms with Gasteiger partial charge >= 0.3 is 0 Å². The van der Waals surface area contributed by atoms with Crippen LogP contribution in [0.25, 0.3) is 0 Å². The highest BCUT2D eigenvalue weighted by Gasteiger charge is 2.18. The number of aromatic nitrogens is 2. The van der Waals surface area contributed by atoms with Crippen molar-refractivity contribution in [2.75, 3.05) is 31.1 Å². The second-order valence-corrected chi connectivity index (χ2v) is 7.60. The highest BCUT2D eigenvalue weighted by molar-refractivity contribution is 7.80. The van der Waals surface area contributed by atoms with Crippen molar-refractivity contribution in [3.63, 3.8) is 0 Å².